The Morgan fingerprint density at radius 2 is 2.10 bits per heavy atom. The van der Waals surface area contributed by atoms with Crippen molar-refractivity contribution < 1.29 is 32.6 Å². The number of hydrogen-bond acceptors (Lipinski definition) is 6. The number of halogens is 2. The van der Waals surface area contributed by atoms with Crippen LogP contribution in [0.1, 0.15) is 19.3 Å². The Morgan fingerprint density at radius 1 is 1.33 bits per heavy atom. The highest BCUT2D eigenvalue weighted by Gasteiger charge is 2.29. The van der Waals surface area contributed by atoms with Crippen LogP contribution in [-0.2, 0) is 19.1 Å². The van der Waals surface area contributed by atoms with Crippen molar-refractivity contribution in [3.8, 4) is 5.75 Å². The van der Waals surface area contributed by atoms with Crippen LogP contribution < -0.4 is 26.0 Å². The van der Waals surface area contributed by atoms with Gasteiger partial charge in [-0.1, -0.05) is 6.42 Å². The molecule has 1 heterocycles. The lowest BCUT2D eigenvalue weighted by atomic mass is 9.84. The third-order valence-electron chi connectivity index (χ3n) is 5.06. The average Bonchev–Trinajstić information content (AvgIpc) is 2.65. The Balaban J connectivity index is 1.73. The largest absolute Gasteiger partial charge is 0.433 e. The van der Waals surface area contributed by atoms with Gasteiger partial charge in [0, 0.05) is 30.8 Å². The summed E-state index contributed by atoms with van der Waals surface area (Å²) in [5.74, 6) is -1.57. The van der Waals surface area contributed by atoms with E-state index in [1.807, 2.05) is 0 Å². The van der Waals surface area contributed by atoms with E-state index in [0.717, 1.165) is 19.3 Å². The molecule has 0 unspecified atom stereocenters. The summed E-state index contributed by atoms with van der Waals surface area (Å²) in [5.41, 5.74) is 5.92. The first-order valence-corrected chi connectivity index (χ1v) is 9.67. The van der Waals surface area contributed by atoms with Crippen LogP contribution in [0.5, 0.6) is 5.75 Å². The molecule has 2 fully saturated rings. The zero-order valence-corrected chi connectivity index (χ0v) is 16.2. The molecule has 3 rings (SSSR count). The molecule has 0 aromatic heterocycles. The standard InChI is InChI=1S/C19H24F2N4O5/c20-19(21)30-15-8-12(4-5-14(15)25-6-7-29-10-16(25)26)23-18(28)13(9-22)24-17(27)11-2-1-3-11/h4-5,8,11,13,19H,1-3,6-7,9-10,22H2,(H,23,28)(H,24,27)/t13-/m0/s1. The average molecular weight is 426 g/mol. The Morgan fingerprint density at radius 3 is 2.70 bits per heavy atom. The van der Waals surface area contributed by atoms with Crippen LogP contribution in [0.15, 0.2) is 18.2 Å². The summed E-state index contributed by atoms with van der Waals surface area (Å²) in [6.07, 6.45) is 2.53. The number of hydrogen-bond donors (Lipinski definition) is 3. The van der Waals surface area contributed by atoms with Gasteiger partial charge in [0.15, 0.2) is 5.75 Å². The van der Waals surface area contributed by atoms with Crippen molar-refractivity contribution in [3.05, 3.63) is 18.2 Å². The Labute approximate surface area is 171 Å². The third kappa shape index (κ3) is 5.22. The maximum Gasteiger partial charge on any atom is 0.387 e. The molecule has 1 aromatic carbocycles. The van der Waals surface area contributed by atoms with Crippen LogP contribution >= 0.6 is 0 Å². The molecule has 1 aliphatic heterocycles. The second kappa shape index (κ2) is 9.81. The lowest BCUT2D eigenvalue weighted by Crippen LogP contribution is -2.50. The summed E-state index contributed by atoms with van der Waals surface area (Å²) in [6.45, 7) is -2.95. The second-order valence-electron chi connectivity index (χ2n) is 7.07. The number of nitrogens with one attached hydrogen (secondary N) is 2. The smallest absolute Gasteiger partial charge is 0.387 e. The number of nitrogens with zero attached hydrogens (tertiary/aromatic N) is 1. The maximum atomic E-state index is 12.9. The number of carbonyl (C=O) groups excluding carboxylic acids is 3. The van der Waals surface area contributed by atoms with Gasteiger partial charge in [0.05, 0.1) is 12.3 Å². The summed E-state index contributed by atoms with van der Waals surface area (Å²) >= 11 is 0. The lowest BCUT2D eigenvalue weighted by molar-refractivity contribution is -0.131. The molecular weight excluding hydrogens is 402 g/mol. The fourth-order valence-corrected chi connectivity index (χ4v) is 3.20. The minimum atomic E-state index is -3.12. The minimum Gasteiger partial charge on any atom is -0.433 e. The monoisotopic (exact) mass is 426 g/mol. The number of amides is 3. The SMILES string of the molecule is NC[C@H](NC(=O)C1CCC1)C(=O)Nc1ccc(N2CCOCC2=O)c(OC(F)F)c1. The Kier molecular flexibility index (Phi) is 7.16. The molecule has 164 valence electrons. The zero-order chi connectivity index (χ0) is 21.7. The van der Waals surface area contributed by atoms with E-state index in [-0.39, 0.29) is 61.2 Å². The van der Waals surface area contributed by atoms with Crippen molar-refractivity contribution >= 4 is 29.1 Å². The molecular formula is C19H24F2N4O5. The van der Waals surface area contributed by atoms with Crippen molar-refractivity contribution in [1.82, 2.24) is 5.32 Å². The van der Waals surface area contributed by atoms with E-state index in [4.69, 9.17) is 10.5 Å². The summed E-state index contributed by atoms with van der Waals surface area (Å²) in [7, 11) is 0. The molecule has 1 saturated carbocycles. The van der Waals surface area contributed by atoms with Gasteiger partial charge in [-0.2, -0.15) is 8.78 Å². The Bertz CT molecular complexity index is 803. The van der Waals surface area contributed by atoms with Crippen molar-refractivity contribution in [1.29, 1.82) is 0 Å². The summed E-state index contributed by atoms with van der Waals surface area (Å²) in [5, 5.41) is 5.15. The van der Waals surface area contributed by atoms with Gasteiger partial charge in [0.25, 0.3) is 5.91 Å². The van der Waals surface area contributed by atoms with Crippen molar-refractivity contribution in [2.24, 2.45) is 11.7 Å². The first-order chi connectivity index (χ1) is 14.4. The number of rotatable bonds is 8. The van der Waals surface area contributed by atoms with E-state index in [2.05, 4.69) is 15.4 Å². The molecule has 1 atom stereocenters. The van der Waals surface area contributed by atoms with Crippen LogP contribution in [0.3, 0.4) is 0 Å². The summed E-state index contributed by atoms with van der Waals surface area (Å²) in [4.78, 5) is 37.9. The van der Waals surface area contributed by atoms with Gasteiger partial charge in [-0.15, -0.1) is 0 Å². The molecule has 1 aliphatic carbocycles. The molecule has 4 N–H and O–H groups in total. The highest BCUT2D eigenvalue weighted by molar-refractivity contribution is 5.99. The molecule has 0 spiro atoms. The molecule has 0 bridgehead atoms. The first-order valence-electron chi connectivity index (χ1n) is 9.67. The van der Waals surface area contributed by atoms with Crippen LogP contribution in [0, 0.1) is 5.92 Å². The molecule has 1 saturated heterocycles. The topological polar surface area (TPSA) is 123 Å². The summed E-state index contributed by atoms with van der Waals surface area (Å²) in [6, 6.07) is 3.10. The fourth-order valence-electron chi connectivity index (χ4n) is 3.20. The highest BCUT2D eigenvalue weighted by atomic mass is 19.3. The predicted octanol–water partition coefficient (Wildman–Crippen LogP) is 0.833. The Hall–Kier alpha value is -2.79. The first kappa shape index (κ1) is 21.9. The van der Waals surface area contributed by atoms with E-state index in [9.17, 15) is 23.2 Å². The molecule has 2 aliphatic rings. The molecule has 3 amide bonds. The second-order valence-corrected chi connectivity index (χ2v) is 7.07. The maximum absolute atomic E-state index is 12.9. The summed E-state index contributed by atoms with van der Waals surface area (Å²) < 4.78 is 35.4. The molecule has 0 radical (unpaired) electrons. The zero-order valence-electron chi connectivity index (χ0n) is 16.2. The van der Waals surface area contributed by atoms with Gasteiger partial charge >= 0.3 is 6.61 Å². The fraction of sp³-hybridized carbons (Fsp3) is 0.526. The number of alkyl halides is 2. The van der Waals surface area contributed by atoms with Crippen LogP contribution in [0.2, 0.25) is 0 Å². The molecule has 30 heavy (non-hydrogen) atoms. The van der Waals surface area contributed by atoms with Crippen LogP contribution in [0.25, 0.3) is 0 Å². The third-order valence-corrected chi connectivity index (χ3v) is 5.06. The number of ether oxygens (including phenoxy) is 2. The molecule has 1 aromatic rings. The number of nitrogens with two attached hydrogens (primary N) is 1. The van der Waals surface area contributed by atoms with Crippen molar-refractivity contribution in [2.45, 2.75) is 31.9 Å². The number of benzene rings is 1. The van der Waals surface area contributed by atoms with Gasteiger partial charge in [0.1, 0.15) is 12.6 Å². The normalized spacial score (nSPS) is 18.0. The van der Waals surface area contributed by atoms with Gasteiger partial charge in [-0.3, -0.25) is 14.4 Å². The highest BCUT2D eigenvalue weighted by Crippen LogP contribution is 2.33. The number of morpholine rings is 1. The van der Waals surface area contributed by atoms with Gasteiger partial charge in [0.2, 0.25) is 11.8 Å². The molecule has 9 nitrogen and oxygen atoms in total. The molecule has 11 heteroatoms. The van der Waals surface area contributed by atoms with Crippen LogP contribution in [0.4, 0.5) is 20.2 Å². The van der Waals surface area contributed by atoms with E-state index in [1.165, 1.54) is 23.1 Å². The van der Waals surface area contributed by atoms with E-state index in [1.54, 1.807) is 0 Å². The number of carbonyl (C=O) groups is 3. The van der Waals surface area contributed by atoms with Gasteiger partial charge in [-0.05, 0) is 25.0 Å². The number of anilines is 2. The minimum absolute atomic E-state index is 0.108. The van der Waals surface area contributed by atoms with E-state index < -0.39 is 18.6 Å². The van der Waals surface area contributed by atoms with Gasteiger partial charge < -0.3 is 30.7 Å². The lowest BCUT2D eigenvalue weighted by Gasteiger charge is -2.29. The predicted molar refractivity (Wildman–Crippen MR) is 103 cm³/mol. The van der Waals surface area contributed by atoms with Gasteiger partial charge in [-0.25, -0.2) is 0 Å². The van der Waals surface area contributed by atoms with E-state index >= 15 is 0 Å². The van der Waals surface area contributed by atoms with Crippen molar-refractivity contribution in [2.75, 3.05) is 36.5 Å². The van der Waals surface area contributed by atoms with Crippen LogP contribution in [-0.4, -0.2) is 56.7 Å². The van der Waals surface area contributed by atoms with E-state index in [0.29, 0.717) is 0 Å². The quantitative estimate of drug-likeness (QED) is 0.566. The van der Waals surface area contributed by atoms with Crippen molar-refractivity contribution in [3.63, 3.8) is 0 Å².